The van der Waals surface area contributed by atoms with Gasteiger partial charge in [-0.1, -0.05) is 47.5 Å². The van der Waals surface area contributed by atoms with Crippen molar-refractivity contribution in [3.05, 3.63) is 99.5 Å². The summed E-state index contributed by atoms with van der Waals surface area (Å²) >= 11 is 12.0. The molecule has 0 aromatic heterocycles. The normalized spacial score (nSPS) is 24.8. The van der Waals surface area contributed by atoms with Crippen LogP contribution in [0, 0.1) is 11.8 Å². The molecule has 3 aromatic carbocycles. The van der Waals surface area contributed by atoms with E-state index in [1.54, 1.807) is 59.8 Å². The van der Waals surface area contributed by atoms with Crippen molar-refractivity contribution in [1.82, 2.24) is 5.01 Å². The summed E-state index contributed by atoms with van der Waals surface area (Å²) in [5.74, 6) is -2.65. The first-order valence-electron chi connectivity index (χ1n) is 10.8. The maximum Gasteiger partial charge on any atom is 0.240 e. The van der Waals surface area contributed by atoms with Crippen LogP contribution in [0.3, 0.4) is 0 Å². The Hall–Kier alpha value is -3.48. The third-order valence-electron chi connectivity index (χ3n) is 6.78. The zero-order valence-electron chi connectivity index (χ0n) is 17.6. The lowest BCUT2D eigenvalue weighted by Gasteiger charge is -2.33. The summed E-state index contributed by atoms with van der Waals surface area (Å²) in [6.45, 7) is 0. The molecular formula is C26H17Cl2N3O3. The first-order chi connectivity index (χ1) is 16.5. The van der Waals surface area contributed by atoms with Gasteiger partial charge >= 0.3 is 0 Å². The Morgan fingerprint density at radius 1 is 0.794 bits per heavy atom. The smallest absolute Gasteiger partial charge is 0.240 e. The Balaban J connectivity index is 1.49. The number of ketones is 1. The Morgan fingerprint density at radius 3 is 2.12 bits per heavy atom. The van der Waals surface area contributed by atoms with Crippen molar-refractivity contribution >= 4 is 52.7 Å². The summed E-state index contributed by atoms with van der Waals surface area (Å²) in [5.41, 5.74) is 2.59. The van der Waals surface area contributed by atoms with Gasteiger partial charge in [0, 0.05) is 15.6 Å². The SMILES string of the molecule is O=C(c1ccc(Cl)cc1)[C@H]1[C@H]2C(=O)N(c3ccc(Cl)cc3)C(=O)[C@@H]2[C@H]2c3ccccc3C=NN21. The van der Waals surface area contributed by atoms with Gasteiger partial charge in [0.25, 0.3) is 0 Å². The Morgan fingerprint density at radius 2 is 1.41 bits per heavy atom. The fraction of sp³-hybridized carbons (Fsp3) is 0.154. The van der Waals surface area contributed by atoms with Crippen LogP contribution >= 0.6 is 23.2 Å². The molecule has 4 atom stereocenters. The molecule has 0 saturated carbocycles. The zero-order valence-corrected chi connectivity index (χ0v) is 19.1. The Labute approximate surface area is 205 Å². The largest absolute Gasteiger partial charge is 0.292 e. The molecule has 2 saturated heterocycles. The van der Waals surface area contributed by atoms with Crippen LogP contribution < -0.4 is 4.90 Å². The van der Waals surface area contributed by atoms with Crippen molar-refractivity contribution in [1.29, 1.82) is 0 Å². The molecule has 6 rings (SSSR count). The van der Waals surface area contributed by atoms with Crippen molar-refractivity contribution in [2.45, 2.75) is 12.1 Å². The molecule has 3 aliphatic rings. The molecular weight excluding hydrogens is 473 g/mol. The van der Waals surface area contributed by atoms with Crippen molar-refractivity contribution in [2.75, 3.05) is 4.90 Å². The average Bonchev–Trinajstić information content (AvgIpc) is 3.32. The zero-order chi connectivity index (χ0) is 23.6. The van der Waals surface area contributed by atoms with Crippen LogP contribution in [-0.4, -0.2) is 34.9 Å². The van der Waals surface area contributed by atoms with Crippen molar-refractivity contribution in [3.63, 3.8) is 0 Å². The van der Waals surface area contributed by atoms with Crippen molar-refractivity contribution < 1.29 is 14.4 Å². The molecule has 0 N–H and O–H groups in total. The van der Waals surface area contributed by atoms with Crippen LogP contribution in [0.2, 0.25) is 10.0 Å². The minimum Gasteiger partial charge on any atom is -0.292 e. The Kier molecular flexibility index (Phi) is 4.83. The van der Waals surface area contributed by atoms with Gasteiger partial charge in [0.2, 0.25) is 11.8 Å². The van der Waals surface area contributed by atoms with Gasteiger partial charge in [0.15, 0.2) is 5.78 Å². The average molecular weight is 490 g/mol. The molecule has 2 amide bonds. The number of carbonyl (C=O) groups excluding carboxylic acids is 3. The maximum atomic E-state index is 13.8. The van der Waals surface area contributed by atoms with Crippen LogP contribution in [0.4, 0.5) is 5.69 Å². The van der Waals surface area contributed by atoms with E-state index >= 15 is 0 Å². The molecule has 3 heterocycles. The standard InChI is InChI=1S/C26H17Cl2N3O3/c27-16-7-5-14(6-8-16)24(32)23-21-20(22-19-4-2-1-3-15(19)13-29-31(22)23)25(33)30(26(21)34)18-11-9-17(28)10-12-18/h1-13,20-23H/t20-,21-,22+,23+/m0/s1. The van der Waals surface area contributed by atoms with Crippen LogP contribution in [0.5, 0.6) is 0 Å². The summed E-state index contributed by atoms with van der Waals surface area (Å²) in [6.07, 6.45) is 1.68. The van der Waals surface area contributed by atoms with E-state index in [1.807, 2.05) is 24.3 Å². The molecule has 168 valence electrons. The van der Waals surface area contributed by atoms with Gasteiger partial charge < -0.3 is 0 Å². The lowest BCUT2D eigenvalue weighted by Crippen LogP contribution is -2.44. The van der Waals surface area contributed by atoms with Gasteiger partial charge in [-0.25, -0.2) is 4.90 Å². The van der Waals surface area contributed by atoms with Crippen molar-refractivity contribution in [2.24, 2.45) is 16.9 Å². The molecule has 3 aromatic rings. The highest BCUT2D eigenvalue weighted by atomic mass is 35.5. The first-order valence-corrected chi connectivity index (χ1v) is 11.6. The Bertz CT molecular complexity index is 1370. The molecule has 0 spiro atoms. The van der Waals surface area contributed by atoms with E-state index in [0.717, 1.165) is 11.1 Å². The number of nitrogens with zero attached hydrogens (tertiary/aromatic N) is 3. The number of hydrogen-bond donors (Lipinski definition) is 0. The number of benzene rings is 3. The maximum absolute atomic E-state index is 13.8. The molecule has 0 aliphatic carbocycles. The number of rotatable bonds is 3. The third-order valence-corrected chi connectivity index (χ3v) is 7.28. The van der Waals surface area contributed by atoms with Gasteiger partial charge in [-0.05, 0) is 59.7 Å². The monoisotopic (exact) mass is 489 g/mol. The molecule has 2 fully saturated rings. The summed E-state index contributed by atoms with van der Waals surface area (Å²) in [6, 6.07) is 19.2. The second kappa shape index (κ2) is 7.79. The fourth-order valence-electron chi connectivity index (χ4n) is 5.30. The molecule has 3 aliphatic heterocycles. The molecule has 8 heteroatoms. The molecule has 0 radical (unpaired) electrons. The summed E-state index contributed by atoms with van der Waals surface area (Å²) < 4.78 is 0. The molecule has 34 heavy (non-hydrogen) atoms. The van der Waals surface area contributed by atoms with E-state index in [2.05, 4.69) is 5.10 Å². The van der Waals surface area contributed by atoms with E-state index in [0.29, 0.717) is 21.3 Å². The molecule has 0 unspecified atom stereocenters. The number of amides is 2. The highest BCUT2D eigenvalue weighted by Gasteiger charge is 2.65. The second-order valence-electron chi connectivity index (χ2n) is 8.55. The third kappa shape index (κ3) is 3.02. The highest BCUT2D eigenvalue weighted by molar-refractivity contribution is 6.31. The predicted molar refractivity (Wildman–Crippen MR) is 129 cm³/mol. The predicted octanol–water partition coefficient (Wildman–Crippen LogP) is 4.75. The van der Waals surface area contributed by atoms with Gasteiger partial charge in [-0.3, -0.25) is 19.4 Å². The van der Waals surface area contributed by atoms with E-state index < -0.39 is 29.8 Å². The lowest BCUT2D eigenvalue weighted by atomic mass is 9.83. The van der Waals surface area contributed by atoms with Gasteiger partial charge in [-0.15, -0.1) is 0 Å². The van der Waals surface area contributed by atoms with Crippen LogP contribution in [-0.2, 0) is 9.59 Å². The minimum atomic E-state index is -0.922. The van der Waals surface area contributed by atoms with Crippen LogP contribution in [0.15, 0.2) is 77.9 Å². The minimum absolute atomic E-state index is 0.273. The summed E-state index contributed by atoms with van der Waals surface area (Å²) in [7, 11) is 0. The number of hydrazone groups is 1. The number of hydrogen-bond acceptors (Lipinski definition) is 5. The number of halogens is 2. The molecule has 0 bridgehead atoms. The van der Waals surface area contributed by atoms with E-state index in [1.165, 1.54) is 4.90 Å². The number of anilines is 1. The lowest BCUT2D eigenvalue weighted by molar-refractivity contribution is -0.124. The van der Waals surface area contributed by atoms with E-state index in [9.17, 15) is 14.4 Å². The first kappa shape index (κ1) is 21.1. The number of Topliss-reactive ketones (excluding diaryl/α,β-unsaturated/α-hetero) is 1. The fourth-order valence-corrected chi connectivity index (χ4v) is 5.55. The van der Waals surface area contributed by atoms with Crippen LogP contribution in [0.1, 0.15) is 27.5 Å². The van der Waals surface area contributed by atoms with Gasteiger partial charge in [-0.2, -0.15) is 5.10 Å². The van der Waals surface area contributed by atoms with Gasteiger partial charge in [0.05, 0.1) is 29.8 Å². The number of fused-ring (bicyclic) bond motifs is 5. The van der Waals surface area contributed by atoms with Gasteiger partial charge in [0.1, 0.15) is 6.04 Å². The number of imide groups is 1. The highest BCUT2D eigenvalue weighted by Crippen LogP contribution is 2.53. The van der Waals surface area contributed by atoms with E-state index in [-0.39, 0.29) is 11.7 Å². The second-order valence-corrected chi connectivity index (χ2v) is 9.43. The molecule has 6 nitrogen and oxygen atoms in total. The quantitative estimate of drug-likeness (QED) is 0.393. The summed E-state index contributed by atoms with van der Waals surface area (Å²) in [5, 5.41) is 7.21. The van der Waals surface area contributed by atoms with Crippen molar-refractivity contribution in [3.8, 4) is 0 Å². The number of carbonyl (C=O) groups is 3. The summed E-state index contributed by atoms with van der Waals surface area (Å²) in [4.78, 5) is 42.5. The topological polar surface area (TPSA) is 70.0 Å². The van der Waals surface area contributed by atoms with Crippen LogP contribution in [0.25, 0.3) is 0 Å². The van der Waals surface area contributed by atoms with E-state index in [4.69, 9.17) is 23.2 Å².